The van der Waals surface area contributed by atoms with Crippen molar-refractivity contribution in [1.82, 2.24) is 0 Å². The van der Waals surface area contributed by atoms with Gasteiger partial charge in [0.1, 0.15) is 23.6 Å². The molecule has 1 aromatic heterocycles. The van der Waals surface area contributed by atoms with E-state index in [1.165, 1.54) is 13.0 Å². The maximum Gasteiger partial charge on any atom is 0.335 e. The van der Waals surface area contributed by atoms with Crippen molar-refractivity contribution in [3.8, 4) is 0 Å². The number of fused-ring (bicyclic) bond motifs is 3. The number of hydrogen-bond donors (Lipinski definition) is 0. The molecule has 172 valence electrons. The number of esters is 1. The van der Waals surface area contributed by atoms with Crippen LogP contribution in [0, 0.1) is 28.6 Å². The lowest BCUT2D eigenvalue weighted by Gasteiger charge is -2.60. The number of epoxide rings is 1. The highest BCUT2D eigenvalue weighted by atomic mass is 16.7. The zero-order chi connectivity index (χ0) is 22.5. The summed E-state index contributed by atoms with van der Waals surface area (Å²) in [6, 6.07) is 3.28. The minimum absolute atomic E-state index is 0.0612. The lowest BCUT2D eigenvalue weighted by molar-refractivity contribution is -0.157. The summed E-state index contributed by atoms with van der Waals surface area (Å²) in [5.74, 6) is 1.47. The molecular formula is C26H32O6. The molecule has 0 radical (unpaired) electrons. The van der Waals surface area contributed by atoms with E-state index in [-0.39, 0.29) is 46.2 Å². The molecule has 6 nitrogen and oxygen atoms in total. The quantitative estimate of drug-likeness (QED) is 0.510. The average molecular weight is 441 g/mol. The van der Waals surface area contributed by atoms with Crippen LogP contribution >= 0.6 is 0 Å². The fourth-order valence-corrected chi connectivity index (χ4v) is 8.91. The third-order valence-electron chi connectivity index (χ3n) is 10.3. The molecule has 0 bridgehead atoms. The highest BCUT2D eigenvalue weighted by molar-refractivity contribution is 5.79. The zero-order valence-electron chi connectivity index (χ0n) is 19.1. The first-order valence-electron chi connectivity index (χ1n) is 12.2. The molecule has 32 heavy (non-hydrogen) atoms. The zero-order valence-corrected chi connectivity index (χ0v) is 19.1. The normalized spacial score (nSPS) is 48.8. The third kappa shape index (κ3) is 2.48. The van der Waals surface area contributed by atoms with Crippen molar-refractivity contribution in [3.05, 3.63) is 34.4 Å². The molecule has 1 unspecified atom stereocenters. The SMILES string of the molecule is CC(=O)O[C@H]1[C@H]2O[C@]23[C@@H]2CCC4CC(=O)CC[C@]4(C)[C@H]2CC[C@]3(C)[C@H]1c1ccc(=O)oc1. The van der Waals surface area contributed by atoms with E-state index in [0.29, 0.717) is 30.0 Å². The molecule has 1 spiro atoms. The van der Waals surface area contributed by atoms with Crippen LogP contribution in [0.3, 0.4) is 0 Å². The number of ketones is 1. The van der Waals surface area contributed by atoms with Gasteiger partial charge in [0.15, 0.2) is 0 Å². The van der Waals surface area contributed by atoms with Crippen LogP contribution in [-0.2, 0) is 19.1 Å². The van der Waals surface area contributed by atoms with E-state index in [0.717, 1.165) is 44.1 Å². The van der Waals surface area contributed by atoms with Gasteiger partial charge in [-0.05, 0) is 66.9 Å². The van der Waals surface area contributed by atoms with E-state index in [4.69, 9.17) is 13.9 Å². The largest absolute Gasteiger partial charge is 0.459 e. The molecule has 5 aliphatic rings. The molecule has 9 atom stereocenters. The molecule has 0 aromatic carbocycles. The minimum Gasteiger partial charge on any atom is -0.459 e. The van der Waals surface area contributed by atoms with Gasteiger partial charge in [-0.3, -0.25) is 9.59 Å². The summed E-state index contributed by atoms with van der Waals surface area (Å²) in [6.07, 6.45) is 7.67. The standard InChI is InChI=1S/C26H32O6/c1-14(27)31-22-21(15-4-7-20(29)30-13-15)25(3)11-9-18-19(26(25)23(22)32-26)6-5-16-12-17(28)8-10-24(16,18)2/h4,7,13,16,18-19,21-23H,5-6,8-12H2,1-3H3/t16?,18-,19+,21-,22+,23+,24-,25+,26+/m0/s1. The molecule has 4 aliphatic carbocycles. The van der Waals surface area contributed by atoms with Gasteiger partial charge in [-0.1, -0.05) is 13.8 Å². The Morgan fingerprint density at radius 1 is 1.09 bits per heavy atom. The number of hydrogen-bond acceptors (Lipinski definition) is 6. The predicted molar refractivity (Wildman–Crippen MR) is 115 cm³/mol. The molecular weight excluding hydrogens is 408 g/mol. The van der Waals surface area contributed by atoms with E-state index in [2.05, 4.69) is 13.8 Å². The summed E-state index contributed by atoms with van der Waals surface area (Å²) in [5, 5.41) is 0. The number of carbonyl (C=O) groups is 2. The van der Waals surface area contributed by atoms with Crippen LogP contribution in [0.5, 0.6) is 0 Å². The smallest absolute Gasteiger partial charge is 0.335 e. The van der Waals surface area contributed by atoms with Gasteiger partial charge >= 0.3 is 11.6 Å². The monoisotopic (exact) mass is 440 g/mol. The Morgan fingerprint density at radius 3 is 2.62 bits per heavy atom. The first-order valence-corrected chi connectivity index (χ1v) is 12.2. The predicted octanol–water partition coefficient (Wildman–Crippen LogP) is 4.01. The van der Waals surface area contributed by atoms with Crippen molar-refractivity contribution in [2.75, 3.05) is 0 Å². The van der Waals surface area contributed by atoms with Crippen molar-refractivity contribution in [3.63, 3.8) is 0 Å². The fraction of sp³-hybridized carbons (Fsp3) is 0.731. The highest BCUT2D eigenvalue weighted by Gasteiger charge is 2.84. The minimum atomic E-state index is -0.376. The van der Waals surface area contributed by atoms with Gasteiger partial charge in [0.2, 0.25) is 0 Å². The van der Waals surface area contributed by atoms with E-state index in [9.17, 15) is 14.4 Å². The van der Waals surface area contributed by atoms with Crippen LogP contribution in [0.2, 0.25) is 0 Å². The number of carbonyl (C=O) groups excluding carboxylic acids is 2. The Bertz CT molecular complexity index is 1020. The van der Waals surface area contributed by atoms with Gasteiger partial charge in [0.25, 0.3) is 0 Å². The van der Waals surface area contributed by atoms with Crippen LogP contribution < -0.4 is 5.63 Å². The molecule has 2 heterocycles. The van der Waals surface area contributed by atoms with Gasteiger partial charge in [-0.15, -0.1) is 0 Å². The first-order chi connectivity index (χ1) is 15.2. The van der Waals surface area contributed by atoms with Gasteiger partial charge in [-0.2, -0.15) is 0 Å². The second kappa shape index (κ2) is 6.55. The van der Waals surface area contributed by atoms with E-state index in [1.807, 2.05) is 6.07 Å². The number of ether oxygens (including phenoxy) is 2. The van der Waals surface area contributed by atoms with E-state index in [1.54, 1.807) is 6.26 Å². The summed E-state index contributed by atoms with van der Waals surface area (Å²) in [6.45, 7) is 6.16. The summed E-state index contributed by atoms with van der Waals surface area (Å²) >= 11 is 0. The molecule has 1 aliphatic heterocycles. The molecule has 0 amide bonds. The second-order valence-electron chi connectivity index (χ2n) is 11.5. The average Bonchev–Trinajstić information content (AvgIpc) is 3.44. The van der Waals surface area contributed by atoms with Crippen LogP contribution in [0.25, 0.3) is 0 Å². The Kier molecular flexibility index (Phi) is 4.23. The van der Waals surface area contributed by atoms with Gasteiger partial charge in [-0.25, -0.2) is 4.79 Å². The molecule has 6 rings (SSSR count). The Labute approximate surface area is 188 Å². The topological polar surface area (TPSA) is 86.1 Å². The summed E-state index contributed by atoms with van der Waals surface area (Å²) in [5.41, 5.74) is 0.200. The Hall–Kier alpha value is -1.95. The van der Waals surface area contributed by atoms with Crippen LogP contribution in [0.1, 0.15) is 77.2 Å². The van der Waals surface area contributed by atoms with Gasteiger partial charge in [0.05, 0.1) is 6.26 Å². The van der Waals surface area contributed by atoms with Crippen molar-refractivity contribution < 1.29 is 23.5 Å². The van der Waals surface area contributed by atoms with Crippen molar-refractivity contribution in [1.29, 1.82) is 0 Å². The van der Waals surface area contributed by atoms with Crippen LogP contribution in [-0.4, -0.2) is 29.6 Å². The van der Waals surface area contributed by atoms with E-state index >= 15 is 0 Å². The maximum absolute atomic E-state index is 12.2. The van der Waals surface area contributed by atoms with E-state index < -0.39 is 0 Å². The second-order valence-corrected chi connectivity index (χ2v) is 11.5. The summed E-state index contributed by atoms with van der Waals surface area (Å²) < 4.78 is 17.8. The molecule has 0 N–H and O–H groups in total. The van der Waals surface area contributed by atoms with Gasteiger partial charge < -0.3 is 13.9 Å². The lowest BCUT2D eigenvalue weighted by Crippen LogP contribution is -2.58. The van der Waals surface area contributed by atoms with Crippen LogP contribution in [0.4, 0.5) is 0 Å². The maximum atomic E-state index is 12.2. The Balaban J connectivity index is 1.41. The molecule has 6 heteroatoms. The molecule has 5 fully saturated rings. The fourth-order valence-electron chi connectivity index (χ4n) is 8.91. The summed E-state index contributed by atoms with van der Waals surface area (Å²) in [7, 11) is 0. The lowest BCUT2D eigenvalue weighted by atomic mass is 9.44. The van der Waals surface area contributed by atoms with Crippen molar-refractivity contribution in [2.45, 2.75) is 89.4 Å². The highest BCUT2D eigenvalue weighted by Crippen LogP contribution is 2.78. The molecule has 4 saturated carbocycles. The van der Waals surface area contributed by atoms with Crippen molar-refractivity contribution >= 4 is 11.8 Å². The first kappa shape index (κ1) is 20.6. The number of Topliss-reactive ketones (excluding diaryl/α,β-unsaturated/α-hetero) is 1. The van der Waals surface area contributed by atoms with Crippen molar-refractivity contribution in [2.24, 2.45) is 28.6 Å². The van der Waals surface area contributed by atoms with Crippen LogP contribution in [0.15, 0.2) is 27.6 Å². The Morgan fingerprint density at radius 2 is 1.91 bits per heavy atom. The molecule has 1 aromatic rings. The third-order valence-corrected chi connectivity index (χ3v) is 10.3. The number of rotatable bonds is 2. The molecule has 1 saturated heterocycles. The van der Waals surface area contributed by atoms with Gasteiger partial charge in [0, 0.05) is 37.2 Å². The summed E-state index contributed by atoms with van der Waals surface area (Å²) in [4.78, 5) is 35.9.